The van der Waals surface area contributed by atoms with Gasteiger partial charge in [-0.2, -0.15) is 0 Å². The first-order chi connectivity index (χ1) is 10.8. The summed E-state index contributed by atoms with van der Waals surface area (Å²) in [6.45, 7) is 0. The van der Waals surface area contributed by atoms with Gasteiger partial charge < -0.3 is 0 Å². The standard InChI is InChI=1S/C18H13ClN2O/c19-14-11-12-20-17(13-14)18(22)21(15-7-3-1-4-8-15)16-9-5-2-6-10-16/h1-13H. The second-order valence-corrected chi connectivity index (χ2v) is 5.11. The normalized spacial score (nSPS) is 10.2. The number of para-hydroxylation sites is 2. The van der Waals surface area contributed by atoms with Gasteiger partial charge in [0.15, 0.2) is 0 Å². The van der Waals surface area contributed by atoms with Crippen molar-refractivity contribution in [2.45, 2.75) is 0 Å². The number of nitrogens with zero attached hydrogens (tertiary/aromatic N) is 2. The SMILES string of the molecule is O=C(c1cc(Cl)ccn1)N(c1ccccc1)c1ccccc1. The summed E-state index contributed by atoms with van der Waals surface area (Å²) < 4.78 is 0. The summed E-state index contributed by atoms with van der Waals surface area (Å²) >= 11 is 5.97. The predicted molar refractivity (Wildman–Crippen MR) is 88.6 cm³/mol. The lowest BCUT2D eigenvalue weighted by Gasteiger charge is -2.22. The molecule has 1 aromatic heterocycles. The predicted octanol–water partition coefficient (Wildman–Crippen LogP) is 4.71. The van der Waals surface area contributed by atoms with Crippen molar-refractivity contribution in [3.8, 4) is 0 Å². The van der Waals surface area contributed by atoms with Crippen LogP contribution in [0.2, 0.25) is 5.02 Å². The zero-order chi connectivity index (χ0) is 15.4. The summed E-state index contributed by atoms with van der Waals surface area (Å²) in [6, 6.07) is 22.2. The molecule has 3 nitrogen and oxygen atoms in total. The molecule has 0 atom stereocenters. The molecule has 0 bridgehead atoms. The van der Waals surface area contributed by atoms with Crippen LogP contribution < -0.4 is 4.90 Å². The van der Waals surface area contributed by atoms with Crippen LogP contribution in [0.1, 0.15) is 10.5 Å². The minimum atomic E-state index is -0.222. The van der Waals surface area contributed by atoms with E-state index in [0.29, 0.717) is 10.7 Å². The van der Waals surface area contributed by atoms with Crippen LogP contribution in [0, 0.1) is 0 Å². The van der Waals surface area contributed by atoms with E-state index in [-0.39, 0.29) is 5.91 Å². The first kappa shape index (κ1) is 14.3. The molecule has 22 heavy (non-hydrogen) atoms. The molecule has 4 heteroatoms. The minimum absolute atomic E-state index is 0.222. The topological polar surface area (TPSA) is 33.2 Å². The molecule has 0 radical (unpaired) electrons. The Morgan fingerprint density at radius 3 is 1.91 bits per heavy atom. The zero-order valence-corrected chi connectivity index (χ0v) is 12.4. The van der Waals surface area contributed by atoms with Gasteiger partial charge in [-0.25, -0.2) is 0 Å². The molecule has 3 aromatic rings. The molecule has 0 aliphatic rings. The van der Waals surface area contributed by atoms with Crippen molar-refractivity contribution in [3.63, 3.8) is 0 Å². The van der Waals surface area contributed by atoms with Gasteiger partial charge in [0, 0.05) is 22.6 Å². The number of hydrogen-bond acceptors (Lipinski definition) is 2. The lowest BCUT2D eigenvalue weighted by atomic mass is 10.2. The Balaban J connectivity index is 2.08. The number of halogens is 1. The monoisotopic (exact) mass is 308 g/mol. The van der Waals surface area contributed by atoms with Gasteiger partial charge in [0.2, 0.25) is 0 Å². The summed E-state index contributed by atoms with van der Waals surface area (Å²) in [5.74, 6) is -0.222. The number of pyridine rings is 1. The van der Waals surface area contributed by atoms with E-state index >= 15 is 0 Å². The van der Waals surface area contributed by atoms with Crippen molar-refractivity contribution in [2.24, 2.45) is 0 Å². The van der Waals surface area contributed by atoms with Crippen molar-refractivity contribution in [1.29, 1.82) is 0 Å². The lowest BCUT2D eigenvalue weighted by molar-refractivity contribution is 0.0994. The molecule has 0 aliphatic carbocycles. The Bertz CT molecular complexity index is 736. The van der Waals surface area contributed by atoms with Gasteiger partial charge in [0.1, 0.15) is 5.69 Å². The molecular formula is C18H13ClN2O. The first-order valence-electron chi connectivity index (χ1n) is 6.82. The summed E-state index contributed by atoms with van der Waals surface area (Å²) in [7, 11) is 0. The van der Waals surface area contributed by atoms with Gasteiger partial charge in [0.05, 0.1) is 0 Å². The van der Waals surface area contributed by atoms with Crippen LogP contribution in [0.5, 0.6) is 0 Å². The van der Waals surface area contributed by atoms with Crippen LogP contribution in [-0.4, -0.2) is 10.9 Å². The Labute approximate surface area is 133 Å². The second kappa shape index (κ2) is 6.41. The molecule has 2 aromatic carbocycles. The summed E-state index contributed by atoms with van der Waals surface area (Å²) in [5.41, 5.74) is 1.86. The average Bonchev–Trinajstić information content (AvgIpc) is 2.57. The quantitative estimate of drug-likeness (QED) is 0.702. The molecule has 108 valence electrons. The van der Waals surface area contributed by atoms with E-state index in [1.165, 1.54) is 6.20 Å². The van der Waals surface area contributed by atoms with E-state index in [4.69, 9.17) is 11.6 Å². The fraction of sp³-hybridized carbons (Fsp3) is 0. The van der Waals surface area contributed by atoms with Crippen LogP contribution in [0.15, 0.2) is 79.0 Å². The van der Waals surface area contributed by atoms with Crippen LogP contribution in [-0.2, 0) is 0 Å². The molecule has 0 saturated carbocycles. The van der Waals surface area contributed by atoms with E-state index < -0.39 is 0 Å². The van der Waals surface area contributed by atoms with Gasteiger partial charge >= 0.3 is 0 Å². The highest BCUT2D eigenvalue weighted by Gasteiger charge is 2.20. The van der Waals surface area contributed by atoms with E-state index in [1.807, 2.05) is 60.7 Å². The maximum Gasteiger partial charge on any atom is 0.281 e. The summed E-state index contributed by atoms with van der Waals surface area (Å²) in [5, 5.41) is 0.486. The molecule has 0 unspecified atom stereocenters. The summed E-state index contributed by atoms with van der Waals surface area (Å²) in [6.07, 6.45) is 1.53. The number of carbonyl (C=O) groups is 1. The van der Waals surface area contributed by atoms with E-state index in [2.05, 4.69) is 4.98 Å². The third kappa shape index (κ3) is 3.00. The first-order valence-corrected chi connectivity index (χ1v) is 7.19. The molecule has 3 rings (SSSR count). The van der Waals surface area contributed by atoms with E-state index in [0.717, 1.165) is 11.4 Å². The van der Waals surface area contributed by atoms with Gasteiger partial charge in [0.25, 0.3) is 5.91 Å². The molecule has 0 spiro atoms. The largest absolute Gasteiger partial charge is 0.281 e. The van der Waals surface area contributed by atoms with Crippen LogP contribution >= 0.6 is 11.6 Å². The maximum absolute atomic E-state index is 12.9. The van der Waals surface area contributed by atoms with Gasteiger partial charge in [-0.15, -0.1) is 0 Å². The van der Waals surface area contributed by atoms with Crippen molar-refractivity contribution < 1.29 is 4.79 Å². The van der Waals surface area contributed by atoms with E-state index in [9.17, 15) is 4.79 Å². The molecule has 0 saturated heterocycles. The number of benzene rings is 2. The van der Waals surface area contributed by atoms with E-state index in [1.54, 1.807) is 17.0 Å². The third-order valence-electron chi connectivity index (χ3n) is 3.17. The van der Waals surface area contributed by atoms with Crippen LogP contribution in [0.4, 0.5) is 11.4 Å². The number of hydrogen-bond donors (Lipinski definition) is 0. The average molecular weight is 309 g/mol. The molecule has 0 fully saturated rings. The van der Waals surface area contributed by atoms with Gasteiger partial charge in [-0.3, -0.25) is 14.7 Å². The van der Waals surface area contributed by atoms with Gasteiger partial charge in [-0.1, -0.05) is 48.0 Å². The fourth-order valence-electron chi connectivity index (χ4n) is 2.17. The number of anilines is 2. The maximum atomic E-state index is 12.9. The van der Waals surface area contributed by atoms with Crippen LogP contribution in [0.3, 0.4) is 0 Å². The highest BCUT2D eigenvalue weighted by molar-refractivity contribution is 6.31. The minimum Gasteiger partial charge on any atom is -0.276 e. The summed E-state index contributed by atoms with van der Waals surface area (Å²) in [4.78, 5) is 18.7. The van der Waals surface area contributed by atoms with Crippen molar-refractivity contribution in [2.75, 3.05) is 4.90 Å². The molecular weight excluding hydrogens is 296 g/mol. The number of aromatic nitrogens is 1. The lowest BCUT2D eigenvalue weighted by Crippen LogP contribution is -2.26. The highest BCUT2D eigenvalue weighted by atomic mass is 35.5. The fourth-order valence-corrected chi connectivity index (χ4v) is 2.33. The second-order valence-electron chi connectivity index (χ2n) is 4.67. The van der Waals surface area contributed by atoms with Crippen molar-refractivity contribution in [3.05, 3.63) is 89.7 Å². The molecule has 0 aliphatic heterocycles. The number of carbonyl (C=O) groups excluding carboxylic acids is 1. The van der Waals surface area contributed by atoms with Crippen LogP contribution in [0.25, 0.3) is 0 Å². The Morgan fingerprint density at radius 1 is 0.864 bits per heavy atom. The smallest absolute Gasteiger partial charge is 0.276 e. The Kier molecular flexibility index (Phi) is 4.17. The Morgan fingerprint density at radius 2 is 1.41 bits per heavy atom. The number of amides is 1. The Hall–Kier alpha value is -2.65. The zero-order valence-electron chi connectivity index (χ0n) is 11.7. The highest BCUT2D eigenvalue weighted by Crippen LogP contribution is 2.27. The third-order valence-corrected chi connectivity index (χ3v) is 3.41. The van der Waals surface area contributed by atoms with Crippen molar-refractivity contribution >= 4 is 28.9 Å². The molecule has 1 amide bonds. The molecule has 0 N–H and O–H groups in total. The van der Waals surface area contributed by atoms with Crippen molar-refractivity contribution in [1.82, 2.24) is 4.98 Å². The molecule has 1 heterocycles. The number of rotatable bonds is 3. The van der Waals surface area contributed by atoms with Gasteiger partial charge in [-0.05, 0) is 36.4 Å².